The topological polar surface area (TPSA) is 0 Å². The van der Waals surface area contributed by atoms with Gasteiger partial charge < -0.3 is 0 Å². The number of alkyl halides is 8. The number of benzene rings is 4. The number of halogens is 8. The van der Waals surface area contributed by atoms with Crippen molar-refractivity contribution < 1.29 is 36.5 Å². The van der Waals surface area contributed by atoms with Crippen LogP contribution in [0.25, 0.3) is 0 Å². The van der Waals surface area contributed by atoms with E-state index in [0.717, 1.165) is 0 Å². The molecule has 9 heteroatoms. The van der Waals surface area contributed by atoms with Crippen LogP contribution in [0.5, 0.6) is 0 Å². The molecule has 0 spiro atoms. The van der Waals surface area contributed by atoms with E-state index < -0.39 is 59.5 Å². The van der Waals surface area contributed by atoms with E-state index in [4.69, 9.17) is 0 Å². The predicted molar refractivity (Wildman–Crippen MR) is 150 cm³/mol. The molecule has 0 fully saturated rings. The average molecular weight is 576 g/mol. The molecule has 0 aromatic heterocycles. The van der Waals surface area contributed by atoms with Crippen LogP contribution in [0.15, 0.2) is 72.8 Å². The van der Waals surface area contributed by atoms with E-state index in [1.165, 1.54) is 72.8 Å². The Balaban J connectivity index is 0.00000484. The first-order valence-electron chi connectivity index (χ1n) is 13.0. The first kappa shape index (κ1) is 30.3. The van der Waals surface area contributed by atoms with Crippen molar-refractivity contribution in [2.24, 2.45) is 0 Å². The molecule has 0 amide bonds. The van der Waals surface area contributed by atoms with E-state index in [9.17, 15) is 35.1 Å². The molecule has 0 unspecified atom stereocenters. The predicted octanol–water partition coefficient (Wildman–Crippen LogP) is 6.93. The van der Waals surface area contributed by atoms with Crippen molar-refractivity contribution in [2.45, 2.75) is 53.4 Å². The van der Waals surface area contributed by atoms with Crippen molar-refractivity contribution in [1.82, 2.24) is 0 Å². The summed E-state index contributed by atoms with van der Waals surface area (Å²) in [7, 11) is 0. The summed E-state index contributed by atoms with van der Waals surface area (Å²) in [5, 5.41) is 0. The highest BCUT2D eigenvalue weighted by atomic mass is 19.2. The lowest BCUT2D eigenvalue weighted by molar-refractivity contribution is 0.475. The number of hydrogen-bond acceptors (Lipinski definition) is 0. The highest BCUT2D eigenvalue weighted by Crippen LogP contribution is 2.21. The fraction of sp³-hybridized carbons (Fsp3) is 0.250. The Morgan fingerprint density at radius 3 is 0.561 bits per heavy atom. The van der Waals surface area contributed by atoms with E-state index in [-0.39, 0.29) is 67.8 Å². The molecule has 0 aliphatic carbocycles. The molecule has 4 rings (SSSR count). The van der Waals surface area contributed by atoms with Crippen LogP contribution < -0.4 is 21.9 Å². The Morgan fingerprint density at radius 1 is 0.293 bits per heavy atom. The van der Waals surface area contributed by atoms with Crippen LogP contribution in [-0.4, -0.2) is 6.15 Å². The molecule has 0 aliphatic heterocycles. The zero-order valence-corrected chi connectivity index (χ0v) is 22.2. The van der Waals surface area contributed by atoms with E-state index in [2.05, 4.69) is 0 Å². The molecule has 216 valence electrons. The number of hydrogen-bond donors (Lipinski definition) is 0. The zero-order chi connectivity index (χ0) is 29.6. The minimum Gasteiger partial charge on any atom is -0.246 e. The maximum absolute atomic E-state index is 14.1. The van der Waals surface area contributed by atoms with Crippen molar-refractivity contribution in [1.29, 1.82) is 0 Å². The van der Waals surface area contributed by atoms with Gasteiger partial charge in [-0.15, -0.1) is 0 Å². The maximum atomic E-state index is 14.1. The Bertz CT molecular complexity index is 1190. The molecule has 41 heavy (non-hydrogen) atoms. The van der Waals surface area contributed by atoms with E-state index in [1.54, 1.807) is 0 Å². The molecule has 4 aromatic carbocycles. The minimum absolute atomic E-state index is 0. The monoisotopic (exact) mass is 576 g/mol. The van der Waals surface area contributed by atoms with Gasteiger partial charge in [0.15, 0.2) is 0 Å². The molecule has 0 saturated heterocycles. The van der Waals surface area contributed by atoms with Crippen molar-refractivity contribution in [3.63, 3.8) is 0 Å². The molecule has 0 heterocycles. The van der Waals surface area contributed by atoms with Crippen molar-refractivity contribution in [3.05, 3.63) is 117 Å². The summed E-state index contributed by atoms with van der Waals surface area (Å²) >= 11 is 0. The molecular weight excluding hydrogens is 547 g/mol. The van der Waals surface area contributed by atoms with Gasteiger partial charge >= 0.3 is 1.43 Å². The van der Waals surface area contributed by atoms with Crippen LogP contribution in [-0.2, 0) is 53.4 Å². The van der Waals surface area contributed by atoms with Crippen molar-refractivity contribution in [3.8, 4) is 0 Å². The fourth-order valence-electron chi connectivity index (χ4n) is 5.94. The van der Waals surface area contributed by atoms with Gasteiger partial charge in [0.05, 0.1) is 0 Å². The van der Waals surface area contributed by atoms with Gasteiger partial charge in [0, 0.05) is 0 Å². The molecule has 0 N–H and O–H groups in total. The van der Waals surface area contributed by atoms with Gasteiger partial charge in [0.25, 0.3) is 0 Å². The standard InChI is InChI=1S/C32H28BF8/c34-13-21-1-22(14-35)6-29(5-21)33(30-7-23(15-36)2-24(8-30)16-37,31-9-25(17-38)3-26(10-31)18-39)32-11-27(19-40)4-28(12-32)20-41/h1-12H,13-20H2/q-1/p+1. The van der Waals surface area contributed by atoms with Gasteiger partial charge in [-0.2, -0.15) is 21.9 Å². The fourth-order valence-corrected chi connectivity index (χ4v) is 5.94. The smallest absolute Gasteiger partial charge is 0.246 e. The molecule has 0 radical (unpaired) electrons. The summed E-state index contributed by atoms with van der Waals surface area (Å²) in [5.41, 5.74) is 1.77. The van der Waals surface area contributed by atoms with Gasteiger partial charge in [-0.1, -0.05) is 72.8 Å². The Morgan fingerprint density at radius 2 is 0.439 bits per heavy atom. The summed E-state index contributed by atoms with van der Waals surface area (Å²) < 4.78 is 113. The summed E-state index contributed by atoms with van der Waals surface area (Å²) in [6, 6.07) is 16.9. The highest BCUT2D eigenvalue weighted by molar-refractivity contribution is 7.20. The minimum atomic E-state index is -2.76. The van der Waals surface area contributed by atoms with Crippen molar-refractivity contribution >= 4 is 28.0 Å². The first-order valence-corrected chi connectivity index (χ1v) is 13.0. The average Bonchev–Trinajstić information content (AvgIpc) is 3.04. The second kappa shape index (κ2) is 13.4. The van der Waals surface area contributed by atoms with Gasteiger partial charge in [-0.05, 0) is 44.5 Å². The number of rotatable bonds is 12. The highest BCUT2D eigenvalue weighted by Gasteiger charge is 2.34. The van der Waals surface area contributed by atoms with Crippen LogP contribution >= 0.6 is 0 Å². The van der Waals surface area contributed by atoms with Crippen LogP contribution in [0.2, 0.25) is 0 Å². The first-order chi connectivity index (χ1) is 19.9. The second-order valence-corrected chi connectivity index (χ2v) is 10.3. The summed E-state index contributed by atoms with van der Waals surface area (Å²) in [6.45, 7) is -7.83. The van der Waals surface area contributed by atoms with Crippen LogP contribution in [0.3, 0.4) is 0 Å². The molecule has 0 aliphatic rings. The van der Waals surface area contributed by atoms with E-state index in [1.807, 2.05) is 0 Å². The largest absolute Gasteiger partial charge is 1.00 e. The van der Waals surface area contributed by atoms with E-state index in [0.29, 0.717) is 0 Å². The van der Waals surface area contributed by atoms with Gasteiger partial charge in [-0.25, -0.2) is 35.1 Å². The molecule has 0 nitrogen and oxygen atoms in total. The quantitative estimate of drug-likeness (QED) is 0.127. The maximum Gasteiger partial charge on any atom is 1.00 e. The van der Waals surface area contributed by atoms with Gasteiger partial charge in [0.1, 0.15) is 59.5 Å². The third kappa shape index (κ3) is 6.04. The lowest BCUT2D eigenvalue weighted by Crippen LogP contribution is -2.75. The van der Waals surface area contributed by atoms with Gasteiger partial charge in [-0.3, -0.25) is 0 Å². The lowest BCUT2D eigenvalue weighted by atomic mass is 9.12. The summed E-state index contributed by atoms with van der Waals surface area (Å²) in [6.07, 6.45) is -2.76. The molecular formula is C32H29BF8. The normalized spacial score (nSPS) is 11.7. The SMILES string of the molecule is FCc1cc(CF)cc([B-](c2cc(CF)cc(CF)c2)(c2cc(CF)cc(CF)c2)c2cc(CF)cc(CF)c2)c1.[H+]. The summed E-state index contributed by atoms with van der Waals surface area (Å²) in [5.74, 6) is 0. The molecule has 0 saturated carbocycles. The lowest BCUT2D eigenvalue weighted by Gasteiger charge is -2.46. The van der Waals surface area contributed by atoms with Gasteiger partial charge in [0.2, 0.25) is 0 Å². The zero-order valence-electron chi connectivity index (χ0n) is 23.2. The molecule has 4 aromatic rings. The van der Waals surface area contributed by atoms with E-state index >= 15 is 0 Å². The second-order valence-electron chi connectivity index (χ2n) is 10.3. The Kier molecular flexibility index (Phi) is 9.89. The molecule has 0 atom stereocenters. The third-order valence-electron chi connectivity index (χ3n) is 7.53. The molecule has 0 bridgehead atoms. The Labute approximate surface area is 235 Å². The van der Waals surface area contributed by atoms with Crippen LogP contribution in [0.1, 0.15) is 45.9 Å². The van der Waals surface area contributed by atoms with Crippen LogP contribution in [0, 0.1) is 0 Å². The van der Waals surface area contributed by atoms with Crippen molar-refractivity contribution in [2.75, 3.05) is 0 Å². The summed E-state index contributed by atoms with van der Waals surface area (Å²) in [4.78, 5) is 0. The van der Waals surface area contributed by atoms with Crippen LogP contribution in [0.4, 0.5) is 35.1 Å². The Hall–Kier alpha value is -3.62. The third-order valence-corrected chi connectivity index (χ3v) is 7.53.